The zero-order valence-corrected chi connectivity index (χ0v) is 19.9. The van der Waals surface area contributed by atoms with Gasteiger partial charge >= 0.3 is 6.18 Å². The number of aromatic nitrogens is 1. The van der Waals surface area contributed by atoms with E-state index in [1.807, 2.05) is 6.92 Å². The Morgan fingerprint density at radius 3 is 2.70 bits per heavy atom. The van der Waals surface area contributed by atoms with Crippen LogP contribution in [0.2, 0.25) is 0 Å². The fourth-order valence-corrected chi connectivity index (χ4v) is 4.10. The van der Waals surface area contributed by atoms with E-state index >= 15 is 0 Å². The molecule has 0 spiro atoms. The maximum Gasteiger partial charge on any atom is 0.417 e. The average molecular weight is 476 g/mol. The molecule has 3 heterocycles. The minimum absolute atomic E-state index is 0.0324. The van der Waals surface area contributed by atoms with Crippen LogP contribution in [-0.2, 0) is 28.7 Å². The quantitative estimate of drug-likeness (QED) is 0.449. The third kappa shape index (κ3) is 8.21. The first-order valence-electron chi connectivity index (χ1n) is 12.0. The summed E-state index contributed by atoms with van der Waals surface area (Å²) in [4.78, 5) is 18.5. The molecule has 33 heavy (non-hydrogen) atoms. The summed E-state index contributed by atoms with van der Waals surface area (Å²) in [6, 6.07) is 0.900. The molecular formula is C24H37F4N3O2. The van der Waals surface area contributed by atoms with Gasteiger partial charge < -0.3 is 15.0 Å². The molecule has 9 heteroatoms. The Hall–Kier alpha value is -1.74. The zero-order chi connectivity index (χ0) is 24.4. The van der Waals surface area contributed by atoms with Crippen LogP contribution in [0.5, 0.6) is 0 Å². The number of halogens is 4. The highest BCUT2D eigenvalue weighted by Crippen LogP contribution is 2.31. The highest BCUT2D eigenvalue weighted by atomic mass is 19.4. The Morgan fingerprint density at radius 2 is 2.06 bits per heavy atom. The predicted molar refractivity (Wildman–Crippen MR) is 119 cm³/mol. The first kappa shape index (κ1) is 27.5. The Morgan fingerprint density at radius 1 is 1.33 bits per heavy atom. The maximum absolute atomic E-state index is 13.8. The topological polar surface area (TPSA) is 54.5 Å². The minimum atomic E-state index is -4.45. The molecule has 188 valence electrons. The summed E-state index contributed by atoms with van der Waals surface area (Å²) in [5.74, 6) is -0.224. The smallest absolute Gasteiger partial charge is 0.378 e. The van der Waals surface area contributed by atoms with Gasteiger partial charge in [0.2, 0.25) is 5.91 Å². The number of pyridine rings is 1. The van der Waals surface area contributed by atoms with Gasteiger partial charge in [-0.2, -0.15) is 13.2 Å². The average Bonchev–Trinajstić information content (AvgIpc) is 2.79. The van der Waals surface area contributed by atoms with Crippen LogP contribution in [0.1, 0.15) is 69.7 Å². The van der Waals surface area contributed by atoms with Gasteiger partial charge in [-0.05, 0) is 43.9 Å². The summed E-state index contributed by atoms with van der Waals surface area (Å²) in [5.41, 5.74) is 0.309. The van der Waals surface area contributed by atoms with Gasteiger partial charge in [-0.3, -0.25) is 9.78 Å². The molecule has 0 radical (unpaired) electrons. The lowest BCUT2D eigenvalue weighted by Gasteiger charge is -2.32. The number of alkyl halides is 4. The number of carbonyl (C=O) groups excluding carboxylic acids is 1. The van der Waals surface area contributed by atoms with E-state index in [1.54, 1.807) is 4.90 Å². The molecule has 1 aromatic heterocycles. The van der Waals surface area contributed by atoms with Crippen molar-refractivity contribution in [3.05, 3.63) is 29.1 Å². The lowest BCUT2D eigenvalue weighted by atomic mass is 9.96. The molecule has 5 nitrogen and oxygen atoms in total. The van der Waals surface area contributed by atoms with E-state index in [0.717, 1.165) is 18.7 Å². The van der Waals surface area contributed by atoms with Gasteiger partial charge in [-0.1, -0.05) is 27.2 Å². The molecule has 0 aliphatic carbocycles. The standard InChI is InChI=1S/C21H29F4N3O2.C3H8/c1-2-14(4-3-7-26-19-6-9-30-13-17(19)22)20(29)28-8-5-18-15(12-28)10-16(11-27-18)21(23,24)25;1-3-2/h10-11,14,17,19,26H,2-9,12-13H2,1H3;3H2,1-2H3/t14-,17?,19?;/m1./s1. The summed E-state index contributed by atoms with van der Waals surface area (Å²) >= 11 is 0. The van der Waals surface area contributed by atoms with Crippen LogP contribution in [0.15, 0.2) is 12.3 Å². The second-order valence-corrected chi connectivity index (χ2v) is 8.73. The number of amides is 1. The van der Waals surface area contributed by atoms with E-state index in [9.17, 15) is 22.4 Å². The van der Waals surface area contributed by atoms with Crippen molar-refractivity contribution < 1.29 is 27.1 Å². The van der Waals surface area contributed by atoms with Crippen LogP contribution < -0.4 is 5.32 Å². The Bertz CT molecular complexity index is 745. The van der Waals surface area contributed by atoms with E-state index in [-0.39, 0.29) is 31.0 Å². The second kappa shape index (κ2) is 13.2. The van der Waals surface area contributed by atoms with Crippen molar-refractivity contribution in [1.29, 1.82) is 0 Å². The molecule has 0 aromatic carbocycles. The molecule has 2 aliphatic rings. The molecule has 0 saturated carbocycles. The fraction of sp³-hybridized carbons (Fsp3) is 0.750. The molecule has 3 atom stereocenters. The van der Waals surface area contributed by atoms with Gasteiger partial charge in [0.25, 0.3) is 0 Å². The highest BCUT2D eigenvalue weighted by Gasteiger charge is 2.33. The summed E-state index contributed by atoms with van der Waals surface area (Å²) in [7, 11) is 0. The third-order valence-corrected chi connectivity index (χ3v) is 5.94. The van der Waals surface area contributed by atoms with Gasteiger partial charge in [-0.25, -0.2) is 4.39 Å². The number of ether oxygens (including phenoxy) is 1. The molecule has 1 N–H and O–H groups in total. The Balaban J connectivity index is 0.00000122. The van der Waals surface area contributed by atoms with Crippen molar-refractivity contribution in [2.75, 3.05) is 26.3 Å². The molecule has 1 saturated heterocycles. The molecule has 1 amide bonds. The number of hydrogen-bond donors (Lipinski definition) is 1. The van der Waals surface area contributed by atoms with Crippen LogP contribution in [0.25, 0.3) is 0 Å². The van der Waals surface area contributed by atoms with Crippen LogP contribution in [0.3, 0.4) is 0 Å². The first-order valence-corrected chi connectivity index (χ1v) is 12.0. The van der Waals surface area contributed by atoms with E-state index in [4.69, 9.17) is 4.74 Å². The van der Waals surface area contributed by atoms with Crippen molar-refractivity contribution in [3.63, 3.8) is 0 Å². The van der Waals surface area contributed by atoms with Crippen LogP contribution in [0, 0.1) is 5.92 Å². The number of carbonyl (C=O) groups is 1. The molecule has 1 aromatic rings. The summed E-state index contributed by atoms with van der Waals surface area (Å²) in [6.07, 6.45) is -0.199. The number of nitrogens with one attached hydrogen (secondary N) is 1. The molecule has 1 fully saturated rings. The van der Waals surface area contributed by atoms with Crippen molar-refractivity contribution in [1.82, 2.24) is 15.2 Å². The number of fused-ring (bicyclic) bond motifs is 1. The minimum Gasteiger partial charge on any atom is -0.378 e. The lowest BCUT2D eigenvalue weighted by molar-refractivity contribution is -0.138. The normalized spacial score (nSPS) is 21.6. The van der Waals surface area contributed by atoms with E-state index in [2.05, 4.69) is 24.1 Å². The fourth-order valence-electron chi connectivity index (χ4n) is 4.10. The summed E-state index contributed by atoms with van der Waals surface area (Å²) < 4.78 is 57.8. The summed E-state index contributed by atoms with van der Waals surface area (Å²) in [5, 5.41) is 3.21. The van der Waals surface area contributed by atoms with Gasteiger partial charge in [0, 0.05) is 50.0 Å². The van der Waals surface area contributed by atoms with E-state index in [0.29, 0.717) is 56.6 Å². The van der Waals surface area contributed by atoms with Gasteiger partial charge in [-0.15, -0.1) is 0 Å². The van der Waals surface area contributed by atoms with Crippen LogP contribution in [-0.4, -0.2) is 54.3 Å². The molecule has 3 rings (SSSR count). The maximum atomic E-state index is 13.8. The number of nitrogens with zero attached hydrogens (tertiary/aromatic N) is 2. The molecule has 2 aliphatic heterocycles. The van der Waals surface area contributed by atoms with Crippen molar-refractivity contribution >= 4 is 5.91 Å². The van der Waals surface area contributed by atoms with E-state index in [1.165, 1.54) is 6.42 Å². The second-order valence-electron chi connectivity index (χ2n) is 8.73. The lowest BCUT2D eigenvalue weighted by Crippen LogP contribution is -2.44. The molecule has 0 bridgehead atoms. The van der Waals surface area contributed by atoms with E-state index < -0.39 is 17.9 Å². The first-order chi connectivity index (χ1) is 15.7. The van der Waals surface area contributed by atoms with Crippen LogP contribution in [0.4, 0.5) is 17.6 Å². The zero-order valence-electron chi connectivity index (χ0n) is 19.9. The Kier molecular flexibility index (Phi) is 11.0. The third-order valence-electron chi connectivity index (χ3n) is 5.94. The number of rotatable bonds is 7. The molecular weight excluding hydrogens is 438 g/mol. The Labute approximate surface area is 194 Å². The number of hydrogen-bond acceptors (Lipinski definition) is 4. The van der Waals surface area contributed by atoms with Crippen molar-refractivity contribution in [2.45, 2.75) is 84.2 Å². The van der Waals surface area contributed by atoms with Crippen LogP contribution >= 0.6 is 0 Å². The largest absolute Gasteiger partial charge is 0.417 e. The summed E-state index contributed by atoms with van der Waals surface area (Å²) in [6.45, 7) is 8.10. The SMILES string of the molecule is CCC.CC[C@H](CCCNC1CCOCC1F)C(=O)N1CCc2ncc(C(F)(F)F)cc2C1. The monoisotopic (exact) mass is 475 g/mol. The van der Waals surface area contributed by atoms with Gasteiger partial charge in [0.05, 0.1) is 12.2 Å². The van der Waals surface area contributed by atoms with Crippen molar-refractivity contribution in [3.8, 4) is 0 Å². The predicted octanol–water partition coefficient (Wildman–Crippen LogP) is 4.92. The molecule has 2 unspecified atom stereocenters. The van der Waals surface area contributed by atoms with Gasteiger partial charge in [0.15, 0.2) is 0 Å². The van der Waals surface area contributed by atoms with Crippen molar-refractivity contribution in [2.24, 2.45) is 5.92 Å². The highest BCUT2D eigenvalue weighted by molar-refractivity contribution is 5.79. The van der Waals surface area contributed by atoms with Gasteiger partial charge in [0.1, 0.15) is 6.17 Å².